The van der Waals surface area contributed by atoms with Gasteiger partial charge in [0.1, 0.15) is 5.01 Å². The van der Waals surface area contributed by atoms with E-state index in [1.54, 1.807) is 11.3 Å². The molecule has 0 saturated carbocycles. The smallest absolute Gasteiger partial charge is 0.254 e. The zero-order valence-corrected chi connectivity index (χ0v) is 13.1. The molecule has 1 saturated heterocycles. The van der Waals surface area contributed by atoms with E-state index in [0.29, 0.717) is 26.3 Å². The first-order valence-electron chi connectivity index (χ1n) is 7.06. The van der Waals surface area contributed by atoms with Crippen LogP contribution in [-0.4, -0.2) is 42.1 Å². The Morgan fingerprint density at radius 2 is 2.05 bits per heavy atom. The van der Waals surface area contributed by atoms with Crippen molar-refractivity contribution in [1.82, 2.24) is 9.88 Å². The van der Waals surface area contributed by atoms with Crippen LogP contribution in [0.15, 0.2) is 24.3 Å². The Balaban J connectivity index is 1.87. The Hall–Kier alpha value is -1.72. The van der Waals surface area contributed by atoms with Crippen LogP contribution in [0.25, 0.3) is 10.6 Å². The third-order valence-electron chi connectivity index (χ3n) is 3.68. The predicted molar refractivity (Wildman–Crippen MR) is 83.7 cm³/mol. The second kappa shape index (κ2) is 5.95. The number of carbonyl (C=O) groups excluding carboxylic acids is 1. The average Bonchev–Trinajstić information content (AvgIpc) is 2.87. The molecule has 1 aliphatic rings. The standard InChI is InChI=1S/C16H18N2O2S/c1-11-12(2)21-15(17-11)13-4-3-5-14(10-13)16(19)18-6-8-20-9-7-18/h3-5,10H,6-9H2,1-2H3. The average molecular weight is 302 g/mol. The molecule has 3 rings (SSSR count). The third kappa shape index (κ3) is 2.99. The van der Waals surface area contributed by atoms with E-state index < -0.39 is 0 Å². The van der Waals surface area contributed by atoms with Crippen LogP contribution in [0.4, 0.5) is 0 Å². The van der Waals surface area contributed by atoms with Crippen molar-refractivity contribution in [3.05, 3.63) is 40.4 Å². The molecular formula is C16H18N2O2S. The maximum absolute atomic E-state index is 12.5. The summed E-state index contributed by atoms with van der Waals surface area (Å²) in [5.41, 5.74) is 2.79. The fourth-order valence-electron chi connectivity index (χ4n) is 2.33. The highest BCUT2D eigenvalue weighted by atomic mass is 32.1. The highest BCUT2D eigenvalue weighted by Crippen LogP contribution is 2.28. The van der Waals surface area contributed by atoms with E-state index >= 15 is 0 Å². The second-order valence-electron chi connectivity index (χ2n) is 5.15. The molecular weight excluding hydrogens is 284 g/mol. The predicted octanol–water partition coefficient (Wildman–Crippen LogP) is 2.90. The Labute approximate surface area is 128 Å². The molecule has 21 heavy (non-hydrogen) atoms. The van der Waals surface area contributed by atoms with Crippen LogP contribution in [0.2, 0.25) is 0 Å². The van der Waals surface area contributed by atoms with Crippen molar-refractivity contribution in [3.63, 3.8) is 0 Å². The minimum atomic E-state index is 0.0742. The van der Waals surface area contributed by atoms with Crippen LogP contribution in [0.5, 0.6) is 0 Å². The summed E-state index contributed by atoms with van der Waals surface area (Å²) in [6.45, 7) is 6.65. The molecule has 1 amide bonds. The van der Waals surface area contributed by atoms with Crippen molar-refractivity contribution in [2.24, 2.45) is 0 Å². The molecule has 1 aliphatic heterocycles. The van der Waals surface area contributed by atoms with Gasteiger partial charge in [-0.2, -0.15) is 0 Å². The van der Waals surface area contributed by atoms with Crippen molar-refractivity contribution in [2.45, 2.75) is 13.8 Å². The van der Waals surface area contributed by atoms with Crippen LogP contribution in [0, 0.1) is 13.8 Å². The Morgan fingerprint density at radius 3 is 2.71 bits per heavy atom. The van der Waals surface area contributed by atoms with E-state index in [4.69, 9.17) is 4.74 Å². The molecule has 0 aliphatic carbocycles. The Kier molecular flexibility index (Phi) is 4.03. The number of thiazole rings is 1. The molecule has 1 aromatic heterocycles. The zero-order chi connectivity index (χ0) is 14.8. The number of ether oxygens (including phenoxy) is 1. The summed E-state index contributed by atoms with van der Waals surface area (Å²) in [5.74, 6) is 0.0742. The van der Waals surface area contributed by atoms with Crippen LogP contribution in [0.3, 0.4) is 0 Å². The number of aromatic nitrogens is 1. The van der Waals surface area contributed by atoms with Gasteiger partial charge in [-0.05, 0) is 26.0 Å². The zero-order valence-electron chi connectivity index (χ0n) is 12.3. The number of carbonyl (C=O) groups is 1. The molecule has 0 bridgehead atoms. The largest absolute Gasteiger partial charge is 0.378 e. The van der Waals surface area contributed by atoms with Gasteiger partial charge in [0.05, 0.1) is 18.9 Å². The van der Waals surface area contributed by atoms with Gasteiger partial charge in [-0.15, -0.1) is 11.3 Å². The van der Waals surface area contributed by atoms with E-state index in [1.165, 1.54) is 4.88 Å². The van der Waals surface area contributed by atoms with Crippen LogP contribution >= 0.6 is 11.3 Å². The van der Waals surface area contributed by atoms with Crippen molar-refractivity contribution < 1.29 is 9.53 Å². The first-order valence-corrected chi connectivity index (χ1v) is 7.88. The number of hydrogen-bond acceptors (Lipinski definition) is 4. The molecule has 0 radical (unpaired) electrons. The summed E-state index contributed by atoms with van der Waals surface area (Å²) >= 11 is 1.67. The lowest BCUT2D eigenvalue weighted by Crippen LogP contribution is -2.40. The molecule has 5 heteroatoms. The monoisotopic (exact) mass is 302 g/mol. The van der Waals surface area contributed by atoms with Gasteiger partial charge in [-0.25, -0.2) is 4.98 Å². The van der Waals surface area contributed by atoms with Gasteiger partial charge >= 0.3 is 0 Å². The van der Waals surface area contributed by atoms with E-state index in [2.05, 4.69) is 11.9 Å². The van der Waals surface area contributed by atoms with Crippen LogP contribution in [-0.2, 0) is 4.74 Å². The fraction of sp³-hybridized carbons (Fsp3) is 0.375. The Morgan fingerprint density at radius 1 is 1.29 bits per heavy atom. The quantitative estimate of drug-likeness (QED) is 0.856. The Bertz CT molecular complexity index is 641. The van der Waals surface area contributed by atoms with E-state index in [1.807, 2.05) is 36.1 Å². The normalized spacial score (nSPS) is 15.2. The number of amides is 1. The lowest BCUT2D eigenvalue weighted by Gasteiger charge is -2.26. The minimum Gasteiger partial charge on any atom is -0.378 e. The second-order valence-corrected chi connectivity index (χ2v) is 6.35. The van der Waals surface area contributed by atoms with E-state index in [-0.39, 0.29) is 5.91 Å². The molecule has 0 N–H and O–H groups in total. The van der Waals surface area contributed by atoms with Crippen LogP contribution in [0.1, 0.15) is 20.9 Å². The van der Waals surface area contributed by atoms with E-state index in [9.17, 15) is 4.79 Å². The molecule has 2 heterocycles. The van der Waals surface area contributed by atoms with Gasteiger partial charge in [0.15, 0.2) is 0 Å². The molecule has 0 spiro atoms. The van der Waals surface area contributed by atoms with Gasteiger partial charge in [-0.3, -0.25) is 4.79 Å². The van der Waals surface area contributed by atoms with Gasteiger partial charge in [0, 0.05) is 29.1 Å². The van der Waals surface area contributed by atoms with Gasteiger partial charge < -0.3 is 9.64 Å². The SMILES string of the molecule is Cc1nc(-c2cccc(C(=O)N3CCOCC3)c2)sc1C. The van der Waals surface area contributed by atoms with Crippen molar-refractivity contribution in [1.29, 1.82) is 0 Å². The van der Waals surface area contributed by atoms with E-state index in [0.717, 1.165) is 21.8 Å². The summed E-state index contributed by atoms with van der Waals surface area (Å²) in [6.07, 6.45) is 0. The van der Waals surface area contributed by atoms with Gasteiger partial charge in [0.2, 0.25) is 0 Å². The third-order valence-corrected chi connectivity index (χ3v) is 4.81. The molecule has 1 aromatic carbocycles. The topological polar surface area (TPSA) is 42.4 Å². The maximum atomic E-state index is 12.5. The molecule has 0 unspecified atom stereocenters. The highest BCUT2D eigenvalue weighted by molar-refractivity contribution is 7.15. The lowest BCUT2D eigenvalue weighted by atomic mass is 10.1. The minimum absolute atomic E-state index is 0.0742. The number of benzene rings is 1. The number of nitrogens with zero attached hydrogens (tertiary/aromatic N) is 2. The molecule has 2 aromatic rings. The highest BCUT2D eigenvalue weighted by Gasteiger charge is 2.19. The fourth-order valence-corrected chi connectivity index (χ4v) is 3.24. The van der Waals surface area contributed by atoms with Gasteiger partial charge in [-0.1, -0.05) is 12.1 Å². The van der Waals surface area contributed by atoms with Crippen molar-refractivity contribution in [2.75, 3.05) is 26.3 Å². The lowest BCUT2D eigenvalue weighted by molar-refractivity contribution is 0.0303. The summed E-state index contributed by atoms with van der Waals surface area (Å²) in [6, 6.07) is 7.74. The first-order chi connectivity index (χ1) is 10.1. The molecule has 110 valence electrons. The summed E-state index contributed by atoms with van der Waals surface area (Å²) in [7, 11) is 0. The molecule has 1 fully saturated rings. The first kappa shape index (κ1) is 14.2. The van der Waals surface area contributed by atoms with Crippen molar-refractivity contribution in [3.8, 4) is 10.6 Å². The van der Waals surface area contributed by atoms with Crippen LogP contribution < -0.4 is 0 Å². The molecule has 0 atom stereocenters. The maximum Gasteiger partial charge on any atom is 0.254 e. The number of hydrogen-bond donors (Lipinski definition) is 0. The summed E-state index contributed by atoms with van der Waals surface area (Å²) < 4.78 is 5.29. The number of aryl methyl sites for hydroxylation is 2. The molecule has 4 nitrogen and oxygen atoms in total. The van der Waals surface area contributed by atoms with Crippen molar-refractivity contribution >= 4 is 17.2 Å². The summed E-state index contributed by atoms with van der Waals surface area (Å²) in [4.78, 5) is 20.1. The summed E-state index contributed by atoms with van der Waals surface area (Å²) in [5, 5.41) is 0.974. The number of morpholine rings is 1. The van der Waals surface area contributed by atoms with Gasteiger partial charge in [0.25, 0.3) is 5.91 Å². The number of rotatable bonds is 2.